The summed E-state index contributed by atoms with van der Waals surface area (Å²) in [6.07, 6.45) is 3.75. The van der Waals surface area contributed by atoms with Gasteiger partial charge in [0.1, 0.15) is 0 Å². The van der Waals surface area contributed by atoms with E-state index in [9.17, 15) is 0 Å². The minimum atomic E-state index is 0.110. The highest BCUT2D eigenvalue weighted by Gasteiger charge is 2.00. The summed E-state index contributed by atoms with van der Waals surface area (Å²) in [6, 6.07) is 6.22. The van der Waals surface area contributed by atoms with Crippen LogP contribution in [0.1, 0.15) is 11.1 Å². The number of aromatic nitrogens is 2. The maximum atomic E-state index is 8.82. The zero-order chi connectivity index (χ0) is 13.0. The summed E-state index contributed by atoms with van der Waals surface area (Å²) < 4.78 is 2.81. The Bertz CT molecular complexity index is 504. The van der Waals surface area contributed by atoms with Gasteiger partial charge >= 0.3 is 0 Å². The van der Waals surface area contributed by atoms with E-state index in [0.29, 0.717) is 6.54 Å². The lowest BCUT2D eigenvalue weighted by Crippen LogP contribution is -2.02. The molecular formula is C13H16BrN3O. The molecule has 0 spiro atoms. The summed E-state index contributed by atoms with van der Waals surface area (Å²) in [6.45, 7) is 3.44. The SMILES string of the molecule is Cc1cc(Br)cc(NCc2cnn(CCO)c2)c1. The smallest absolute Gasteiger partial charge is 0.0640 e. The second kappa shape index (κ2) is 6.02. The highest BCUT2D eigenvalue weighted by atomic mass is 79.9. The van der Waals surface area contributed by atoms with Crippen LogP contribution in [0.3, 0.4) is 0 Å². The number of hydrogen-bond acceptors (Lipinski definition) is 3. The maximum Gasteiger partial charge on any atom is 0.0640 e. The Balaban J connectivity index is 1.97. The summed E-state index contributed by atoms with van der Waals surface area (Å²) in [4.78, 5) is 0. The number of benzene rings is 1. The van der Waals surface area contributed by atoms with E-state index in [1.807, 2.05) is 18.5 Å². The Morgan fingerprint density at radius 2 is 2.22 bits per heavy atom. The minimum absolute atomic E-state index is 0.110. The van der Waals surface area contributed by atoms with E-state index in [4.69, 9.17) is 5.11 Å². The largest absolute Gasteiger partial charge is 0.394 e. The zero-order valence-electron chi connectivity index (χ0n) is 10.2. The molecule has 5 heteroatoms. The predicted octanol–water partition coefficient (Wildman–Crippen LogP) is 2.56. The van der Waals surface area contributed by atoms with E-state index in [1.165, 1.54) is 5.56 Å². The number of halogens is 1. The molecule has 2 rings (SSSR count). The Kier molecular flexibility index (Phi) is 4.38. The third-order valence-corrected chi connectivity index (χ3v) is 3.01. The van der Waals surface area contributed by atoms with Crippen molar-refractivity contribution < 1.29 is 5.11 Å². The minimum Gasteiger partial charge on any atom is -0.394 e. The average Bonchev–Trinajstić information content (AvgIpc) is 2.74. The summed E-state index contributed by atoms with van der Waals surface area (Å²) in [5.74, 6) is 0. The van der Waals surface area contributed by atoms with Gasteiger partial charge < -0.3 is 10.4 Å². The van der Waals surface area contributed by atoms with Gasteiger partial charge in [0.15, 0.2) is 0 Å². The number of aryl methyl sites for hydroxylation is 1. The van der Waals surface area contributed by atoms with Gasteiger partial charge in [-0.3, -0.25) is 4.68 Å². The monoisotopic (exact) mass is 309 g/mol. The summed E-state index contributed by atoms with van der Waals surface area (Å²) in [5.41, 5.74) is 3.39. The number of aliphatic hydroxyl groups is 1. The van der Waals surface area contributed by atoms with Gasteiger partial charge in [0, 0.05) is 28.5 Å². The first kappa shape index (κ1) is 13.1. The van der Waals surface area contributed by atoms with Crippen LogP contribution in [-0.4, -0.2) is 21.5 Å². The molecule has 2 aromatic rings. The molecule has 0 aliphatic heterocycles. The van der Waals surface area contributed by atoms with Crippen LogP contribution >= 0.6 is 15.9 Å². The molecule has 0 bridgehead atoms. The van der Waals surface area contributed by atoms with Crippen molar-refractivity contribution in [3.63, 3.8) is 0 Å². The Morgan fingerprint density at radius 1 is 1.39 bits per heavy atom. The first-order chi connectivity index (χ1) is 8.67. The van der Waals surface area contributed by atoms with Crippen molar-refractivity contribution in [2.75, 3.05) is 11.9 Å². The summed E-state index contributed by atoms with van der Waals surface area (Å²) in [5, 5.41) is 16.3. The van der Waals surface area contributed by atoms with Crippen LogP contribution in [0.4, 0.5) is 5.69 Å². The molecule has 0 unspecified atom stereocenters. The molecular weight excluding hydrogens is 294 g/mol. The van der Waals surface area contributed by atoms with E-state index in [1.54, 1.807) is 4.68 Å². The molecule has 1 aromatic carbocycles. The van der Waals surface area contributed by atoms with Crippen LogP contribution in [0.2, 0.25) is 0 Å². The summed E-state index contributed by atoms with van der Waals surface area (Å²) >= 11 is 3.48. The third kappa shape index (κ3) is 3.58. The Morgan fingerprint density at radius 3 is 2.94 bits per heavy atom. The molecule has 4 nitrogen and oxygen atoms in total. The molecule has 18 heavy (non-hydrogen) atoms. The molecule has 1 aromatic heterocycles. The molecule has 0 atom stereocenters. The van der Waals surface area contributed by atoms with Gasteiger partial charge in [-0.2, -0.15) is 5.10 Å². The van der Waals surface area contributed by atoms with Gasteiger partial charge in [0.25, 0.3) is 0 Å². The van der Waals surface area contributed by atoms with Crippen molar-refractivity contribution in [3.05, 3.63) is 46.2 Å². The molecule has 0 radical (unpaired) electrons. The van der Waals surface area contributed by atoms with Crippen LogP contribution in [0.5, 0.6) is 0 Å². The lowest BCUT2D eigenvalue weighted by Gasteiger charge is -2.06. The Labute approximate surface area is 115 Å². The van der Waals surface area contributed by atoms with Gasteiger partial charge in [-0.15, -0.1) is 0 Å². The van der Waals surface area contributed by atoms with E-state index in [-0.39, 0.29) is 6.61 Å². The van der Waals surface area contributed by atoms with Gasteiger partial charge in [-0.25, -0.2) is 0 Å². The van der Waals surface area contributed by atoms with Crippen LogP contribution in [0.15, 0.2) is 35.1 Å². The highest BCUT2D eigenvalue weighted by molar-refractivity contribution is 9.10. The number of rotatable bonds is 5. The molecule has 2 N–H and O–H groups in total. The third-order valence-electron chi connectivity index (χ3n) is 2.55. The lowest BCUT2D eigenvalue weighted by molar-refractivity contribution is 0.269. The van der Waals surface area contributed by atoms with Crippen molar-refractivity contribution >= 4 is 21.6 Å². The second-order valence-corrected chi connectivity index (χ2v) is 5.12. The molecule has 0 saturated heterocycles. The van der Waals surface area contributed by atoms with E-state index < -0.39 is 0 Å². The molecule has 0 aliphatic carbocycles. The zero-order valence-corrected chi connectivity index (χ0v) is 11.8. The molecule has 1 heterocycles. The maximum absolute atomic E-state index is 8.82. The van der Waals surface area contributed by atoms with Crippen molar-refractivity contribution in [2.24, 2.45) is 0 Å². The molecule has 0 amide bonds. The van der Waals surface area contributed by atoms with Gasteiger partial charge in [0.2, 0.25) is 0 Å². The average molecular weight is 310 g/mol. The predicted molar refractivity (Wildman–Crippen MR) is 75.5 cm³/mol. The van der Waals surface area contributed by atoms with Gasteiger partial charge in [-0.1, -0.05) is 15.9 Å². The highest BCUT2D eigenvalue weighted by Crippen LogP contribution is 2.19. The van der Waals surface area contributed by atoms with Crippen LogP contribution in [-0.2, 0) is 13.1 Å². The molecule has 0 saturated carbocycles. The lowest BCUT2D eigenvalue weighted by atomic mass is 10.2. The van der Waals surface area contributed by atoms with Crippen molar-refractivity contribution in [3.8, 4) is 0 Å². The van der Waals surface area contributed by atoms with Crippen molar-refractivity contribution in [1.29, 1.82) is 0 Å². The van der Waals surface area contributed by atoms with Gasteiger partial charge in [-0.05, 0) is 30.7 Å². The number of hydrogen-bond donors (Lipinski definition) is 2. The number of aliphatic hydroxyl groups excluding tert-OH is 1. The fraction of sp³-hybridized carbons (Fsp3) is 0.308. The van der Waals surface area contributed by atoms with Crippen LogP contribution < -0.4 is 5.32 Å². The Hall–Kier alpha value is -1.33. The number of nitrogens with zero attached hydrogens (tertiary/aromatic N) is 2. The quantitative estimate of drug-likeness (QED) is 0.892. The van der Waals surface area contributed by atoms with Crippen molar-refractivity contribution in [2.45, 2.75) is 20.0 Å². The van der Waals surface area contributed by atoms with Crippen LogP contribution in [0, 0.1) is 6.92 Å². The van der Waals surface area contributed by atoms with E-state index in [0.717, 1.165) is 22.3 Å². The molecule has 0 aliphatic rings. The fourth-order valence-electron chi connectivity index (χ4n) is 1.76. The summed E-state index contributed by atoms with van der Waals surface area (Å²) in [7, 11) is 0. The topological polar surface area (TPSA) is 50.1 Å². The number of anilines is 1. The van der Waals surface area contributed by atoms with Gasteiger partial charge in [0.05, 0.1) is 19.3 Å². The number of nitrogens with one attached hydrogen (secondary N) is 1. The first-order valence-electron chi connectivity index (χ1n) is 5.80. The standard InChI is InChI=1S/C13H16BrN3O/c1-10-4-12(14)6-13(5-10)15-7-11-8-16-17(9-11)2-3-18/h4-6,8-9,15,18H,2-3,7H2,1H3. The van der Waals surface area contributed by atoms with E-state index >= 15 is 0 Å². The van der Waals surface area contributed by atoms with Crippen LogP contribution in [0.25, 0.3) is 0 Å². The first-order valence-corrected chi connectivity index (χ1v) is 6.60. The fourth-order valence-corrected chi connectivity index (χ4v) is 2.37. The van der Waals surface area contributed by atoms with E-state index in [2.05, 4.69) is 45.4 Å². The molecule has 0 fully saturated rings. The normalized spacial score (nSPS) is 10.6. The second-order valence-electron chi connectivity index (χ2n) is 4.21. The van der Waals surface area contributed by atoms with Crippen molar-refractivity contribution in [1.82, 2.24) is 9.78 Å². The molecule has 96 valence electrons.